The molecule has 0 radical (unpaired) electrons. The Hall–Kier alpha value is -0.250. The summed E-state index contributed by atoms with van der Waals surface area (Å²) in [4.78, 5) is 0. The minimum absolute atomic E-state index is 0.169. The van der Waals surface area contributed by atoms with Crippen molar-refractivity contribution >= 4 is 23.4 Å². The quantitative estimate of drug-likeness (QED) is 0.887. The molecule has 0 aromatic heterocycles. The molecule has 1 atom stereocenters. The van der Waals surface area contributed by atoms with E-state index in [0.717, 1.165) is 35.6 Å². The van der Waals surface area contributed by atoms with E-state index >= 15 is 0 Å². The van der Waals surface area contributed by atoms with Crippen LogP contribution in [0.4, 0.5) is 4.39 Å². The lowest BCUT2D eigenvalue weighted by Crippen LogP contribution is -2.27. The molecule has 1 aromatic carbocycles. The number of fused-ring (bicyclic) bond motifs is 1. The number of halogens is 2. The summed E-state index contributed by atoms with van der Waals surface area (Å²) in [6, 6.07) is 3.54. The number of thioether (sulfide) groups is 1. The van der Waals surface area contributed by atoms with Gasteiger partial charge in [-0.2, -0.15) is 11.8 Å². The third-order valence-electron chi connectivity index (χ3n) is 2.74. The van der Waals surface area contributed by atoms with Gasteiger partial charge in [-0.15, -0.1) is 0 Å². The van der Waals surface area contributed by atoms with Crippen LogP contribution < -0.4 is 5.32 Å². The van der Waals surface area contributed by atoms with Crippen LogP contribution in [0.15, 0.2) is 12.1 Å². The van der Waals surface area contributed by atoms with Crippen molar-refractivity contribution < 1.29 is 4.39 Å². The molecule has 16 heavy (non-hydrogen) atoms. The first-order valence-electron chi connectivity index (χ1n) is 5.51. The van der Waals surface area contributed by atoms with E-state index < -0.39 is 0 Å². The Kier molecular flexibility index (Phi) is 4.11. The smallest absolute Gasteiger partial charge is 0.129 e. The van der Waals surface area contributed by atoms with Crippen molar-refractivity contribution in [1.82, 2.24) is 5.32 Å². The van der Waals surface area contributed by atoms with Gasteiger partial charge in [-0.3, -0.25) is 0 Å². The average molecular weight is 260 g/mol. The summed E-state index contributed by atoms with van der Waals surface area (Å²) in [5.74, 6) is 1.58. The van der Waals surface area contributed by atoms with Gasteiger partial charge in [0.25, 0.3) is 0 Å². The van der Waals surface area contributed by atoms with Crippen molar-refractivity contribution in [2.24, 2.45) is 0 Å². The average Bonchev–Trinajstić information content (AvgIpc) is 2.26. The first-order chi connectivity index (χ1) is 7.72. The summed E-state index contributed by atoms with van der Waals surface area (Å²) >= 11 is 7.68. The summed E-state index contributed by atoms with van der Waals surface area (Å²) in [6.45, 7) is 3.08. The summed E-state index contributed by atoms with van der Waals surface area (Å²) in [5.41, 5.74) is 1.85. The van der Waals surface area contributed by atoms with Gasteiger partial charge in [0.05, 0.1) is 0 Å². The molecule has 4 heteroatoms. The molecule has 88 valence electrons. The normalized spacial score (nSPS) is 19.6. The van der Waals surface area contributed by atoms with E-state index in [-0.39, 0.29) is 11.9 Å². The number of benzene rings is 1. The highest BCUT2D eigenvalue weighted by molar-refractivity contribution is 7.98. The lowest BCUT2D eigenvalue weighted by atomic mass is 10.0. The van der Waals surface area contributed by atoms with Crippen molar-refractivity contribution in [3.8, 4) is 0 Å². The standard InChI is InChI=1S/C12H15ClFNS/c1-2-3-15-12-7-16-6-10-9(12)4-8(13)5-11(10)14/h4-5,12,15H,2-3,6-7H2,1H3. The van der Waals surface area contributed by atoms with Gasteiger partial charge in [-0.05, 0) is 30.7 Å². The first kappa shape index (κ1) is 12.2. The fraction of sp³-hybridized carbons (Fsp3) is 0.500. The van der Waals surface area contributed by atoms with E-state index in [2.05, 4.69) is 12.2 Å². The maximum absolute atomic E-state index is 13.7. The van der Waals surface area contributed by atoms with Gasteiger partial charge in [-0.1, -0.05) is 18.5 Å². The Balaban J connectivity index is 2.30. The van der Waals surface area contributed by atoms with Crippen LogP contribution in [0, 0.1) is 5.82 Å². The van der Waals surface area contributed by atoms with Gasteiger partial charge in [0.1, 0.15) is 5.82 Å². The van der Waals surface area contributed by atoms with Gasteiger partial charge < -0.3 is 5.32 Å². The van der Waals surface area contributed by atoms with Crippen molar-refractivity contribution in [3.05, 3.63) is 34.1 Å². The lowest BCUT2D eigenvalue weighted by Gasteiger charge is -2.26. The topological polar surface area (TPSA) is 12.0 Å². The van der Waals surface area contributed by atoms with Crippen LogP contribution in [0.5, 0.6) is 0 Å². The highest BCUT2D eigenvalue weighted by atomic mass is 35.5. The minimum atomic E-state index is -0.169. The van der Waals surface area contributed by atoms with Crippen molar-refractivity contribution in [3.63, 3.8) is 0 Å². The van der Waals surface area contributed by atoms with Gasteiger partial charge in [-0.25, -0.2) is 4.39 Å². The van der Waals surface area contributed by atoms with E-state index in [1.54, 1.807) is 11.8 Å². The third kappa shape index (κ3) is 2.53. The van der Waals surface area contributed by atoms with Gasteiger partial charge in [0, 0.05) is 28.1 Å². The molecule has 0 bridgehead atoms. The van der Waals surface area contributed by atoms with Crippen LogP contribution in [0.25, 0.3) is 0 Å². The maximum Gasteiger partial charge on any atom is 0.129 e. The molecule has 1 heterocycles. The Morgan fingerprint density at radius 3 is 3.12 bits per heavy atom. The number of nitrogens with one attached hydrogen (secondary N) is 1. The van der Waals surface area contributed by atoms with Crippen LogP contribution in [0.2, 0.25) is 5.02 Å². The van der Waals surface area contributed by atoms with Gasteiger partial charge >= 0.3 is 0 Å². The van der Waals surface area contributed by atoms with Crippen LogP contribution in [0.1, 0.15) is 30.5 Å². The van der Waals surface area contributed by atoms with Crippen LogP contribution >= 0.6 is 23.4 Å². The van der Waals surface area contributed by atoms with E-state index in [0.29, 0.717) is 5.02 Å². The Morgan fingerprint density at radius 2 is 2.38 bits per heavy atom. The Morgan fingerprint density at radius 1 is 1.56 bits per heavy atom. The second-order valence-corrected chi connectivity index (χ2v) is 5.44. The molecule has 0 saturated carbocycles. The van der Waals surface area contributed by atoms with E-state index in [1.165, 1.54) is 6.07 Å². The fourth-order valence-corrected chi connectivity index (χ4v) is 3.32. The number of hydrogen-bond acceptors (Lipinski definition) is 2. The molecular formula is C12H15ClFNS. The predicted octanol–water partition coefficient (Wildman–Crippen LogP) is 3.77. The SMILES string of the molecule is CCCNC1CSCc2c(F)cc(Cl)cc21. The second-order valence-electron chi connectivity index (χ2n) is 3.98. The molecule has 0 aliphatic carbocycles. The molecule has 1 nitrogen and oxygen atoms in total. The van der Waals surface area contributed by atoms with Crippen molar-refractivity contribution in [2.45, 2.75) is 25.1 Å². The molecule has 1 aromatic rings. The zero-order chi connectivity index (χ0) is 11.5. The van der Waals surface area contributed by atoms with Crippen LogP contribution in [-0.2, 0) is 5.75 Å². The zero-order valence-corrected chi connectivity index (χ0v) is 10.8. The van der Waals surface area contributed by atoms with Crippen molar-refractivity contribution in [1.29, 1.82) is 0 Å². The summed E-state index contributed by atoms with van der Waals surface area (Å²) in [6.07, 6.45) is 1.08. The van der Waals surface area contributed by atoms with Crippen molar-refractivity contribution in [2.75, 3.05) is 12.3 Å². The Labute approximate surface area is 105 Å². The number of rotatable bonds is 3. The molecule has 0 fully saturated rings. The molecule has 2 rings (SSSR count). The molecule has 1 unspecified atom stereocenters. The summed E-state index contributed by atoms with van der Waals surface area (Å²) < 4.78 is 13.7. The molecule has 0 saturated heterocycles. The third-order valence-corrected chi connectivity index (χ3v) is 4.02. The first-order valence-corrected chi connectivity index (χ1v) is 7.04. The summed E-state index contributed by atoms with van der Waals surface area (Å²) in [5, 5.41) is 3.93. The molecule has 0 amide bonds. The largest absolute Gasteiger partial charge is 0.309 e. The predicted molar refractivity (Wildman–Crippen MR) is 68.6 cm³/mol. The van der Waals surface area contributed by atoms with Gasteiger partial charge in [0.2, 0.25) is 0 Å². The maximum atomic E-state index is 13.7. The van der Waals surface area contributed by atoms with Crippen LogP contribution in [-0.4, -0.2) is 12.3 Å². The molecule has 1 aliphatic heterocycles. The van der Waals surface area contributed by atoms with E-state index in [9.17, 15) is 4.39 Å². The highest BCUT2D eigenvalue weighted by Gasteiger charge is 2.23. The summed E-state index contributed by atoms with van der Waals surface area (Å²) in [7, 11) is 0. The van der Waals surface area contributed by atoms with E-state index in [1.807, 2.05) is 6.07 Å². The lowest BCUT2D eigenvalue weighted by molar-refractivity contribution is 0.556. The second kappa shape index (κ2) is 5.39. The molecular weight excluding hydrogens is 245 g/mol. The fourth-order valence-electron chi connectivity index (χ4n) is 1.94. The highest BCUT2D eigenvalue weighted by Crippen LogP contribution is 2.35. The molecule has 1 aliphatic rings. The molecule has 1 N–H and O–H groups in total. The van der Waals surface area contributed by atoms with E-state index in [4.69, 9.17) is 11.6 Å². The van der Waals surface area contributed by atoms with Gasteiger partial charge in [0.15, 0.2) is 0 Å². The number of hydrogen-bond donors (Lipinski definition) is 1. The minimum Gasteiger partial charge on any atom is -0.309 e. The van der Waals surface area contributed by atoms with Crippen LogP contribution in [0.3, 0.4) is 0 Å². The Bertz CT molecular complexity index is 384. The molecule has 0 spiro atoms. The monoisotopic (exact) mass is 259 g/mol. The zero-order valence-electron chi connectivity index (χ0n) is 9.22.